The molecule has 0 radical (unpaired) electrons. The summed E-state index contributed by atoms with van der Waals surface area (Å²) < 4.78 is 0. The number of carbonyl (C=O) groups is 1. The maximum absolute atomic E-state index is 11.4. The molecule has 0 aromatic heterocycles. The van der Waals surface area contributed by atoms with E-state index in [4.69, 9.17) is 0 Å². The van der Waals surface area contributed by atoms with E-state index in [9.17, 15) is 4.79 Å². The standard InChI is InChI=1S/C13H16N2O/c1-10-7-12(9-13(16)8-10)15-14-11-5-3-2-4-6-11/h2-6,9-10,14-15H,7-8H2,1H3/t10-/m0/s1. The fourth-order valence-corrected chi connectivity index (χ4v) is 1.86. The predicted octanol–water partition coefficient (Wildman–Crippen LogP) is 2.49. The average Bonchev–Trinajstić information content (AvgIpc) is 2.27. The molecule has 2 rings (SSSR count). The van der Waals surface area contributed by atoms with Crippen molar-refractivity contribution in [1.82, 2.24) is 5.43 Å². The van der Waals surface area contributed by atoms with E-state index < -0.39 is 0 Å². The van der Waals surface area contributed by atoms with Crippen LogP contribution in [0.5, 0.6) is 0 Å². The monoisotopic (exact) mass is 216 g/mol. The van der Waals surface area contributed by atoms with Crippen molar-refractivity contribution in [2.45, 2.75) is 19.8 Å². The molecular formula is C13H16N2O. The molecule has 16 heavy (non-hydrogen) atoms. The smallest absolute Gasteiger partial charge is 0.157 e. The topological polar surface area (TPSA) is 41.1 Å². The van der Waals surface area contributed by atoms with Crippen molar-refractivity contribution in [1.29, 1.82) is 0 Å². The third-order valence-electron chi connectivity index (χ3n) is 2.59. The number of hydrazine groups is 1. The molecule has 0 aliphatic heterocycles. The lowest BCUT2D eigenvalue weighted by molar-refractivity contribution is -0.115. The Morgan fingerprint density at radius 3 is 2.56 bits per heavy atom. The molecule has 0 unspecified atom stereocenters. The maximum atomic E-state index is 11.4. The van der Waals surface area contributed by atoms with Crippen LogP contribution in [0, 0.1) is 5.92 Å². The summed E-state index contributed by atoms with van der Waals surface area (Å²) >= 11 is 0. The summed E-state index contributed by atoms with van der Waals surface area (Å²) in [5, 5.41) is 0. The molecular weight excluding hydrogens is 200 g/mol. The molecule has 1 aliphatic rings. The van der Waals surface area contributed by atoms with Crippen LogP contribution in [0.15, 0.2) is 42.1 Å². The zero-order valence-corrected chi connectivity index (χ0v) is 9.36. The number of carbonyl (C=O) groups excluding carboxylic acids is 1. The van der Waals surface area contributed by atoms with Gasteiger partial charge >= 0.3 is 0 Å². The summed E-state index contributed by atoms with van der Waals surface area (Å²) in [6.45, 7) is 2.09. The lowest BCUT2D eigenvalue weighted by Gasteiger charge is -2.20. The Bertz CT molecular complexity index is 398. The normalized spacial score (nSPS) is 20.2. The number of para-hydroxylation sites is 1. The fraction of sp³-hybridized carbons (Fsp3) is 0.308. The van der Waals surface area contributed by atoms with E-state index >= 15 is 0 Å². The van der Waals surface area contributed by atoms with Gasteiger partial charge in [0.15, 0.2) is 5.78 Å². The van der Waals surface area contributed by atoms with E-state index in [1.54, 1.807) is 6.08 Å². The number of nitrogens with one attached hydrogen (secondary N) is 2. The summed E-state index contributed by atoms with van der Waals surface area (Å²) in [6.07, 6.45) is 3.28. The van der Waals surface area contributed by atoms with Gasteiger partial charge in [0.05, 0.1) is 5.69 Å². The fourth-order valence-electron chi connectivity index (χ4n) is 1.86. The summed E-state index contributed by atoms with van der Waals surface area (Å²) in [5.74, 6) is 0.633. The Kier molecular flexibility index (Phi) is 3.25. The lowest BCUT2D eigenvalue weighted by Crippen LogP contribution is -2.26. The molecule has 2 N–H and O–H groups in total. The maximum Gasteiger partial charge on any atom is 0.157 e. The minimum absolute atomic E-state index is 0.205. The minimum Gasteiger partial charge on any atom is -0.305 e. The molecule has 1 aliphatic carbocycles. The SMILES string of the molecule is C[C@@H]1CC(=O)C=C(NNc2ccccc2)C1. The predicted molar refractivity (Wildman–Crippen MR) is 64.7 cm³/mol. The Morgan fingerprint density at radius 2 is 1.88 bits per heavy atom. The number of anilines is 1. The summed E-state index contributed by atoms with van der Waals surface area (Å²) in [7, 11) is 0. The first kappa shape index (κ1) is 10.7. The van der Waals surface area contributed by atoms with Gasteiger partial charge in [-0.15, -0.1) is 0 Å². The van der Waals surface area contributed by atoms with Crippen molar-refractivity contribution in [3.05, 3.63) is 42.1 Å². The number of rotatable bonds is 3. The van der Waals surface area contributed by atoms with Gasteiger partial charge < -0.3 is 10.9 Å². The largest absolute Gasteiger partial charge is 0.305 e. The van der Waals surface area contributed by atoms with Crippen molar-refractivity contribution >= 4 is 11.5 Å². The molecule has 0 saturated carbocycles. The third-order valence-corrected chi connectivity index (χ3v) is 2.59. The number of benzene rings is 1. The van der Waals surface area contributed by atoms with E-state index in [1.807, 2.05) is 30.3 Å². The molecule has 0 fully saturated rings. The van der Waals surface area contributed by atoms with Crippen molar-refractivity contribution in [2.24, 2.45) is 5.92 Å². The first-order valence-electron chi connectivity index (χ1n) is 5.54. The summed E-state index contributed by atoms with van der Waals surface area (Å²) in [5.41, 5.74) is 8.13. The highest BCUT2D eigenvalue weighted by molar-refractivity contribution is 5.91. The molecule has 0 heterocycles. The van der Waals surface area contributed by atoms with Crippen LogP contribution in [0.25, 0.3) is 0 Å². The van der Waals surface area contributed by atoms with Crippen molar-refractivity contribution in [3.63, 3.8) is 0 Å². The van der Waals surface area contributed by atoms with Crippen molar-refractivity contribution in [2.75, 3.05) is 5.43 Å². The van der Waals surface area contributed by atoms with E-state index in [2.05, 4.69) is 17.8 Å². The molecule has 1 atom stereocenters. The zero-order valence-electron chi connectivity index (χ0n) is 9.36. The second-order valence-corrected chi connectivity index (χ2v) is 4.27. The van der Waals surface area contributed by atoms with Gasteiger partial charge in [-0.05, 0) is 24.5 Å². The highest BCUT2D eigenvalue weighted by Gasteiger charge is 2.16. The van der Waals surface area contributed by atoms with Gasteiger partial charge in [-0.25, -0.2) is 0 Å². The first-order chi connectivity index (χ1) is 7.74. The van der Waals surface area contributed by atoms with Gasteiger partial charge in [0.2, 0.25) is 0 Å². The molecule has 0 amide bonds. The minimum atomic E-state index is 0.205. The van der Waals surface area contributed by atoms with Gasteiger partial charge in [0, 0.05) is 18.2 Å². The molecule has 1 aromatic carbocycles. The van der Waals surface area contributed by atoms with Crippen LogP contribution in [-0.2, 0) is 4.79 Å². The molecule has 3 nitrogen and oxygen atoms in total. The second-order valence-electron chi connectivity index (χ2n) is 4.27. The molecule has 0 saturated heterocycles. The van der Waals surface area contributed by atoms with Crippen LogP contribution in [0.4, 0.5) is 5.69 Å². The first-order valence-corrected chi connectivity index (χ1v) is 5.54. The van der Waals surface area contributed by atoms with Crippen LogP contribution in [0.1, 0.15) is 19.8 Å². The Labute approximate surface area is 95.5 Å². The van der Waals surface area contributed by atoms with Gasteiger partial charge in [-0.3, -0.25) is 4.79 Å². The third kappa shape index (κ3) is 2.86. The van der Waals surface area contributed by atoms with Crippen LogP contribution in [-0.4, -0.2) is 5.78 Å². The number of hydrogen-bond acceptors (Lipinski definition) is 3. The number of hydrogen-bond donors (Lipinski definition) is 2. The molecule has 0 spiro atoms. The molecule has 84 valence electrons. The van der Waals surface area contributed by atoms with Gasteiger partial charge in [-0.2, -0.15) is 0 Å². The van der Waals surface area contributed by atoms with Gasteiger partial charge in [0.25, 0.3) is 0 Å². The highest BCUT2D eigenvalue weighted by atomic mass is 16.1. The van der Waals surface area contributed by atoms with Gasteiger partial charge in [0.1, 0.15) is 0 Å². The van der Waals surface area contributed by atoms with E-state index in [0.29, 0.717) is 12.3 Å². The Hall–Kier alpha value is -1.77. The number of ketones is 1. The molecule has 0 bridgehead atoms. The summed E-state index contributed by atoms with van der Waals surface area (Å²) in [6, 6.07) is 9.85. The van der Waals surface area contributed by atoms with Crippen LogP contribution in [0.2, 0.25) is 0 Å². The molecule has 3 heteroatoms. The second kappa shape index (κ2) is 4.84. The lowest BCUT2D eigenvalue weighted by atomic mass is 9.93. The van der Waals surface area contributed by atoms with Crippen LogP contribution >= 0.6 is 0 Å². The van der Waals surface area contributed by atoms with Crippen molar-refractivity contribution < 1.29 is 4.79 Å². The average molecular weight is 216 g/mol. The molecule has 1 aromatic rings. The quantitative estimate of drug-likeness (QED) is 0.763. The van der Waals surface area contributed by atoms with E-state index in [1.165, 1.54) is 0 Å². The summed E-state index contributed by atoms with van der Waals surface area (Å²) in [4.78, 5) is 11.4. The van der Waals surface area contributed by atoms with Crippen LogP contribution in [0.3, 0.4) is 0 Å². The Morgan fingerprint density at radius 1 is 1.12 bits per heavy atom. The van der Waals surface area contributed by atoms with Gasteiger partial charge in [-0.1, -0.05) is 25.1 Å². The highest BCUT2D eigenvalue weighted by Crippen LogP contribution is 2.19. The zero-order chi connectivity index (χ0) is 11.4. The van der Waals surface area contributed by atoms with Crippen LogP contribution < -0.4 is 10.9 Å². The van der Waals surface area contributed by atoms with E-state index in [-0.39, 0.29) is 5.78 Å². The van der Waals surface area contributed by atoms with Crippen molar-refractivity contribution in [3.8, 4) is 0 Å². The van der Waals surface area contributed by atoms with E-state index in [0.717, 1.165) is 17.8 Å². The number of allylic oxidation sites excluding steroid dienone is 2. The Balaban J connectivity index is 1.93.